The number of hydrogen-bond donors (Lipinski definition) is 1. The quantitative estimate of drug-likeness (QED) is 0.692. The van der Waals surface area contributed by atoms with Crippen LogP contribution in [0.2, 0.25) is 0 Å². The first-order valence-corrected chi connectivity index (χ1v) is 5.53. The Kier molecular flexibility index (Phi) is 3.38. The highest BCUT2D eigenvalue weighted by molar-refractivity contribution is 9.10. The SMILES string of the molecule is O=c1[nH]cnc(Oc2ccccc2[N+](=O)[O-])c1Br. The Morgan fingerprint density at radius 1 is 1.39 bits per heavy atom. The lowest BCUT2D eigenvalue weighted by Gasteiger charge is -2.05. The third kappa shape index (κ3) is 2.38. The van der Waals surface area contributed by atoms with Gasteiger partial charge in [-0.1, -0.05) is 12.1 Å². The fourth-order valence-corrected chi connectivity index (χ4v) is 1.53. The number of aromatic nitrogens is 2. The zero-order chi connectivity index (χ0) is 13.1. The van der Waals surface area contributed by atoms with Gasteiger partial charge in [-0.2, -0.15) is 0 Å². The molecule has 2 aromatic rings. The predicted molar refractivity (Wildman–Crippen MR) is 65.7 cm³/mol. The average Bonchev–Trinajstić information content (AvgIpc) is 2.35. The fourth-order valence-electron chi connectivity index (χ4n) is 1.24. The minimum Gasteiger partial charge on any atom is -0.430 e. The molecule has 92 valence electrons. The lowest BCUT2D eigenvalue weighted by atomic mass is 10.3. The first-order valence-electron chi connectivity index (χ1n) is 4.74. The van der Waals surface area contributed by atoms with Gasteiger partial charge in [-0.25, -0.2) is 4.98 Å². The number of nitro benzene ring substituents is 1. The van der Waals surface area contributed by atoms with Crippen LogP contribution in [0.15, 0.2) is 39.9 Å². The molecule has 1 heterocycles. The molecule has 7 nitrogen and oxygen atoms in total. The van der Waals surface area contributed by atoms with Crippen molar-refractivity contribution >= 4 is 21.6 Å². The van der Waals surface area contributed by atoms with Crippen molar-refractivity contribution in [1.29, 1.82) is 0 Å². The van der Waals surface area contributed by atoms with Crippen molar-refractivity contribution in [2.45, 2.75) is 0 Å². The Labute approximate surface area is 109 Å². The van der Waals surface area contributed by atoms with Gasteiger partial charge in [0, 0.05) is 6.07 Å². The van der Waals surface area contributed by atoms with E-state index in [2.05, 4.69) is 25.9 Å². The molecule has 0 spiro atoms. The Morgan fingerprint density at radius 2 is 2.11 bits per heavy atom. The summed E-state index contributed by atoms with van der Waals surface area (Å²) in [5.41, 5.74) is -0.634. The maximum absolute atomic E-state index is 11.3. The summed E-state index contributed by atoms with van der Waals surface area (Å²) in [6, 6.07) is 5.83. The molecule has 0 atom stereocenters. The molecule has 18 heavy (non-hydrogen) atoms. The van der Waals surface area contributed by atoms with Gasteiger partial charge in [-0.3, -0.25) is 14.9 Å². The van der Waals surface area contributed by atoms with Crippen molar-refractivity contribution in [2.24, 2.45) is 0 Å². The smallest absolute Gasteiger partial charge is 0.311 e. The van der Waals surface area contributed by atoms with Gasteiger partial charge in [-0.05, 0) is 22.0 Å². The van der Waals surface area contributed by atoms with Gasteiger partial charge in [0.2, 0.25) is 11.6 Å². The summed E-state index contributed by atoms with van der Waals surface area (Å²) in [7, 11) is 0. The minimum atomic E-state index is -0.573. The third-order valence-electron chi connectivity index (χ3n) is 2.03. The lowest BCUT2D eigenvalue weighted by molar-refractivity contribution is -0.385. The van der Waals surface area contributed by atoms with E-state index in [-0.39, 0.29) is 21.8 Å². The number of H-pyrrole nitrogens is 1. The van der Waals surface area contributed by atoms with Crippen molar-refractivity contribution in [3.63, 3.8) is 0 Å². The standard InChI is InChI=1S/C10H6BrN3O4/c11-8-9(15)12-5-13-10(8)18-7-4-2-1-3-6(7)14(16)17/h1-5H,(H,12,13,15). The molecule has 0 radical (unpaired) electrons. The molecule has 2 rings (SSSR count). The number of halogens is 1. The van der Waals surface area contributed by atoms with E-state index in [1.165, 1.54) is 18.2 Å². The number of benzene rings is 1. The van der Waals surface area contributed by atoms with Gasteiger partial charge in [0.05, 0.1) is 11.3 Å². The summed E-state index contributed by atoms with van der Waals surface area (Å²) in [5, 5.41) is 10.8. The largest absolute Gasteiger partial charge is 0.430 e. The molecule has 0 amide bonds. The second-order valence-corrected chi connectivity index (χ2v) is 3.97. The Morgan fingerprint density at radius 3 is 2.83 bits per heavy atom. The number of rotatable bonds is 3. The molecular weight excluding hydrogens is 306 g/mol. The normalized spacial score (nSPS) is 10.1. The summed E-state index contributed by atoms with van der Waals surface area (Å²) in [5.74, 6) is -0.0191. The molecule has 1 N–H and O–H groups in total. The molecule has 0 saturated carbocycles. The van der Waals surface area contributed by atoms with Gasteiger partial charge in [-0.15, -0.1) is 0 Å². The van der Waals surface area contributed by atoms with E-state index >= 15 is 0 Å². The van der Waals surface area contributed by atoms with Crippen LogP contribution in [0.1, 0.15) is 0 Å². The Hall–Kier alpha value is -2.22. The van der Waals surface area contributed by atoms with Crippen LogP contribution in [-0.4, -0.2) is 14.9 Å². The number of nitrogens with one attached hydrogen (secondary N) is 1. The van der Waals surface area contributed by atoms with Gasteiger partial charge in [0.25, 0.3) is 5.56 Å². The van der Waals surface area contributed by atoms with Crippen molar-refractivity contribution in [2.75, 3.05) is 0 Å². The van der Waals surface area contributed by atoms with Gasteiger partial charge in [0.15, 0.2) is 0 Å². The van der Waals surface area contributed by atoms with Crippen LogP contribution in [-0.2, 0) is 0 Å². The highest BCUT2D eigenvalue weighted by Gasteiger charge is 2.17. The van der Waals surface area contributed by atoms with Crippen LogP contribution in [0.3, 0.4) is 0 Å². The van der Waals surface area contributed by atoms with E-state index in [1.807, 2.05) is 0 Å². The van der Waals surface area contributed by atoms with Crippen LogP contribution in [0.4, 0.5) is 5.69 Å². The van der Waals surface area contributed by atoms with Gasteiger partial charge in [0.1, 0.15) is 4.47 Å². The van der Waals surface area contributed by atoms with Gasteiger partial charge < -0.3 is 9.72 Å². The van der Waals surface area contributed by atoms with E-state index in [9.17, 15) is 14.9 Å². The molecule has 1 aromatic carbocycles. The highest BCUT2D eigenvalue weighted by atomic mass is 79.9. The van der Waals surface area contributed by atoms with Crippen molar-refractivity contribution in [3.05, 3.63) is 55.5 Å². The molecule has 8 heteroatoms. The number of hydrogen-bond acceptors (Lipinski definition) is 5. The Balaban J connectivity index is 2.43. The van der Waals surface area contributed by atoms with Gasteiger partial charge >= 0.3 is 5.69 Å². The monoisotopic (exact) mass is 311 g/mol. The maximum atomic E-state index is 11.3. The molecule has 0 saturated heterocycles. The molecule has 0 unspecified atom stereocenters. The van der Waals surface area contributed by atoms with E-state index in [0.29, 0.717) is 0 Å². The summed E-state index contributed by atoms with van der Waals surface area (Å²) < 4.78 is 5.34. The van der Waals surface area contributed by atoms with E-state index < -0.39 is 10.5 Å². The van der Waals surface area contributed by atoms with Crippen LogP contribution in [0, 0.1) is 10.1 Å². The van der Waals surface area contributed by atoms with Crippen molar-refractivity contribution in [1.82, 2.24) is 9.97 Å². The highest BCUT2D eigenvalue weighted by Crippen LogP contribution is 2.31. The molecule has 0 aliphatic heterocycles. The zero-order valence-electron chi connectivity index (χ0n) is 8.79. The average molecular weight is 312 g/mol. The molecule has 1 aromatic heterocycles. The molecule has 0 fully saturated rings. The summed E-state index contributed by atoms with van der Waals surface area (Å²) in [6.07, 6.45) is 1.15. The van der Waals surface area contributed by atoms with E-state index in [4.69, 9.17) is 4.74 Å². The first kappa shape index (κ1) is 12.2. The van der Waals surface area contributed by atoms with Crippen molar-refractivity contribution < 1.29 is 9.66 Å². The molecular formula is C10H6BrN3O4. The van der Waals surface area contributed by atoms with Crippen molar-refractivity contribution in [3.8, 4) is 11.6 Å². The zero-order valence-corrected chi connectivity index (χ0v) is 10.4. The van der Waals surface area contributed by atoms with Crippen LogP contribution < -0.4 is 10.3 Å². The van der Waals surface area contributed by atoms with E-state index in [1.54, 1.807) is 6.07 Å². The molecule has 0 bridgehead atoms. The topological polar surface area (TPSA) is 98.1 Å². The lowest BCUT2D eigenvalue weighted by Crippen LogP contribution is -2.08. The second-order valence-electron chi connectivity index (χ2n) is 3.18. The third-order valence-corrected chi connectivity index (χ3v) is 2.73. The second kappa shape index (κ2) is 4.96. The number of nitro groups is 1. The van der Waals surface area contributed by atoms with Crippen LogP contribution in [0.25, 0.3) is 0 Å². The van der Waals surface area contributed by atoms with Crippen LogP contribution in [0.5, 0.6) is 11.6 Å². The van der Waals surface area contributed by atoms with Crippen LogP contribution >= 0.6 is 15.9 Å². The minimum absolute atomic E-state index is 0.0151. The molecule has 0 aliphatic carbocycles. The number of aromatic amines is 1. The summed E-state index contributed by atoms with van der Waals surface area (Å²) >= 11 is 3.00. The number of nitrogens with zero attached hydrogens (tertiary/aromatic N) is 2. The first-order chi connectivity index (χ1) is 8.59. The summed E-state index contributed by atoms with van der Waals surface area (Å²) in [6.45, 7) is 0. The maximum Gasteiger partial charge on any atom is 0.311 e. The van der Waals surface area contributed by atoms with E-state index in [0.717, 1.165) is 6.33 Å². The number of ether oxygens (including phenoxy) is 1. The number of para-hydroxylation sites is 2. The Bertz CT molecular complexity index is 656. The molecule has 0 aliphatic rings. The predicted octanol–water partition coefficient (Wildman–Crippen LogP) is 2.23. The summed E-state index contributed by atoms with van der Waals surface area (Å²) in [4.78, 5) is 27.6. The fraction of sp³-hybridized carbons (Fsp3) is 0.